The third-order valence-corrected chi connectivity index (χ3v) is 4.89. The van der Waals surface area contributed by atoms with Crippen molar-refractivity contribution < 1.29 is 13.2 Å². The number of benzene rings is 2. The molecule has 1 heterocycles. The Labute approximate surface area is 183 Å². The van der Waals surface area contributed by atoms with Crippen LogP contribution in [-0.4, -0.2) is 15.1 Å². The maximum atomic E-state index is 13.0. The molecule has 0 radical (unpaired) electrons. The summed E-state index contributed by atoms with van der Waals surface area (Å²) in [4.78, 5) is 0. The summed E-state index contributed by atoms with van der Waals surface area (Å²) in [5.41, 5.74) is -0.218. The van der Waals surface area contributed by atoms with E-state index in [1.54, 1.807) is 24.3 Å². The number of nitriles is 1. The fourth-order valence-corrected chi connectivity index (χ4v) is 3.36. The maximum Gasteiger partial charge on any atom is 0.416 e. The average Bonchev–Trinajstić information content (AvgIpc) is 3.01. The molecule has 0 unspecified atom stereocenters. The first-order valence-electron chi connectivity index (χ1n) is 7.73. The van der Waals surface area contributed by atoms with Crippen LogP contribution >= 0.6 is 47.0 Å². The maximum absolute atomic E-state index is 13.0. The number of hydrogen-bond donors (Lipinski definition) is 1. The van der Waals surface area contributed by atoms with Gasteiger partial charge in [-0.05, 0) is 36.4 Å². The zero-order valence-corrected chi connectivity index (χ0v) is 17.1. The van der Waals surface area contributed by atoms with Crippen molar-refractivity contribution >= 4 is 63.9 Å². The molecule has 148 valence electrons. The molecule has 0 fully saturated rings. The van der Waals surface area contributed by atoms with E-state index in [0.29, 0.717) is 10.7 Å². The molecule has 4 nitrogen and oxygen atoms in total. The van der Waals surface area contributed by atoms with Crippen LogP contribution in [0.4, 0.5) is 24.7 Å². The summed E-state index contributed by atoms with van der Waals surface area (Å²) >= 11 is 22.9. The average molecular weight is 476 g/mol. The van der Waals surface area contributed by atoms with Crippen molar-refractivity contribution in [2.24, 2.45) is 0 Å². The van der Waals surface area contributed by atoms with Crippen LogP contribution in [0, 0.1) is 11.3 Å². The number of halogens is 6. The summed E-state index contributed by atoms with van der Waals surface area (Å²) in [6, 6.07) is 9.97. The van der Waals surface area contributed by atoms with Crippen LogP contribution in [0.15, 0.2) is 36.4 Å². The Balaban J connectivity index is 2.17. The largest absolute Gasteiger partial charge is 0.416 e. The van der Waals surface area contributed by atoms with Crippen LogP contribution in [0.2, 0.25) is 15.1 Å². The molecule has 0 aliphatic rings. The SMILES string of the molecule is N#Cc1c(C=S)nn(-c2ccc(Cl)cc2)c1Nc1c(Cl)cc(C(F)(F)F)cc1Cl. The second-order valence-electron chi connectivity index (χ2n) is 5.66. The van der Waals surface area contributed by atoms with Gasteiger partial charge in [0, 0.05) is 10.4 Å². The van der Waals surface area contributed by atoms with Gasteiger partial charge >= 0.3 is 6.18 Å². The van der Waals surface area contributed by atoms with Gasteiger partial charge in [-0.15, -0.1) is 0 Å². The first-order valence-corrected chi connectivity index (χ1v) is 9.33. The van der Waals surface area contributed by atoms with Crippen LogP contribution in [0.3, 0.4) is 0 Å². The van der Waals surface area contributed by atoms with Gasteiger partial charge in [-0.2, -0.15) is 23.5 Å². The van der Waals surface area contributed by atoms with E-state index < -0.39 is 11.7 Å². The summed E-state index contributed by atoms with van der Waals surface area (Å²) in [6.45, 7) is 0. The first-order chi connectivity index (χ1) is 13.7. The van der Waals surface area contributed by atoms with Gasteiger partial charge in [0.25, 0.3) is 0 Å². The highest BCUT2D eigenvalue weighted by molar-refractivity contribution is 7.79. The van der Waals surface area contributed by atoms with Crippen LogP contribution in [-0.2, 0) is 6.18 Å². The molecule has 0 amide bonds. The van der Waals surface area contributed by atoms with Gasteiger partial charge in [-0.3, -0.25) is 0 Å². The van der Waals surface area contributed by atoms with Crippen LogP contribution in [0.25, 0.3) is 5.69 Å². The minimum absolute atomic E-state index is 0.0103. The lowest BCUT2D eigenvalue weighted by atomic mass is 10.2. The number of nitrogens with one attached hydrogen (secondary N) is 1. The highest BCUT2D eigenvalue weighted by Crippen LogP contribution is 2.40. The Morgan fingerprint density at radius 2 is 1.69 bits per heavy atom. The standard InChI is InChI=1S/C18H8Cl3F3N4S/c19-10-1-3-11(4-2-10)28-17(12(7-25)15(8-29)27-28)26-16-13(20)5-9(6-14(16)21)18(22,23)24/h1-6,8,26H. The van der Waals surface area contributed by atoms with E-state index in [9.17, 15) is 18.4 Å². The summed E-state index contributed by atoms with van der Waals surface area (Å²) in [6.07, 6.45) is -4.61. The summed E-state index contributed by atoms with van der Waals surface area (Å²) in [5.74, 6) is 0.134. The normalized spacial score (nSPS) is 11.2. The number of thiocarbonyl (C=S) groups is 1. The van der Waals surface area contributed by atoms with Gasteiger partial charge in [0.1, 0.15) is 17.3 Å². The fourth-order valence-electron chi connectivity index (χ4n) is 2.49. The van der Waals surface area contributed by atoms with E-state index in [-0.39, 0.29) is 32.8 Å². The number of alkyl halides is 3. The van der Waals surface area contributed by atoms with Gasteiger partial charge in [0.15, 0.2) is 5.82 Å². The zero-order chi connectivity index (χ0) is 21.3. The van der Waals surface area contributed by atoms with E-state index in [4.69, 9.17) is 47.0 Å². The smallest absolute Gasteiger partial charge is 0.337 e. The minimum atomic E-state index is -4.61. The number of anilines is 2. The van der Waals surface area contributed by atoms with Crippen LogP contribution in [0.5, 0.6) is 0 Å². The van der Waals surface area contributed by atoms with E-state index in [1.807, 2.05) is 6.07 Å². The molecule has 29 heavy (non-hydrogen) atoms. The molecular formula is C18H8Cl3F3N4S. The number of nitrogens with zero attached hydrogens (tertiary/aromatic N) is 3. The molecule has 3 aromatic rings. The first kappa shape index (κ1) is 21.4. The number of hydrogen-bond acceptors (Lipinski definition) is 4. The van der Waals surface area contributed by atoms with Crippen molar-refractivity contribution in [3.63, 3.8) is 0 Å². The Kier molecular flexibility index (Phi) is 6.05. The lowest BCUT2D eigenvalue weighted by Crippen LogP contribution is -2.07. The molecule has 1 N–H and O–H groups in total. The molecule has 0 saturated carbocycles. The predicted octanol–water partition coefficient (Wildman–Crippen LogP) is 6.81. The second kappa shape index (κ2) is 8.20. The van der Waals surface area contributed by atoms with E-state index in [1.165, 1.54) is 10.0 Å². The molecule has 0 saturated heterocycles. The van der Waals surface area contributed by atoms with Crippen LogP contribution < -0.4 is 5.32 Å². The van der Waals surface area contributed by atoms with Crippen molar-refractivity contribution in [3.05, 3.63) is 68.3 Å². The minimum Gasteiger partial charge on any atom is -0.337 e. The van der Waals surface area contributed by atoms with E-state index in [2.05, 4.69) is 10.4 Å². The van der Waals surface area contributed by atoms with Gasteiger partial charge in [0.2, 0.25) is 0 Å². The lowest BCUT2D eigenvalue weighted by molar-refractivity contribution is -0.137. The summed E-state index contributed by atoms with van der Waals surface area (Å²) in [5, 5.41) is 17.8. The summed E-state index contributed by atoms with van der Waals surface area (Å²) < 4.78 is 40.3. The molecule has 2 aromatic carbocycles. The highest BCUT2D eigenvalue weighted by Gasteiger charge is 2.32. The van der Waals surface area contributed by atoms with Crippen molar-refractivity contribution in [3.8, 4) is 11.8 Å². The second-order valence-corrected chi connectivity index (χ2v) is 7.15. The Morgan fingerprint density at radius 1 is 1.10 bits per heavy atom. The van der Waals surface area contributed by atoms with E-state index >= 15 is 0 Å². The number of aromatic nitrogens is 2. The Bertz CT molecular complexity index is 1110. The Hall–Kier alpha value is -2.31. The lowest BCUT2D eigenvalue weighted by Gasteiger charge is -2.15. The molecule has 3 rings (SSSR count). The molecule has 0 bridgehead atoms. The zero-order valence-electron chi connectivity index (χ0n) is 14.1. The van der Waals surface area contributed by atoms with Gasteiger partial charge in [0.05, 0.1) is 27.0 Å². The van der Waals surface area contributed by atoms with Crippen molar-refractivity contribution in [1.29, 1.82) is 5.26 Å². The van der Waals surface area contributed by atoms with Crippen molar-refractivity contribution in [2.75, 3.05) is 5.32 Å². The quantitative estimate of drug-likeness (QED) is 0.421. The predicted molar refractivity (Wildman–Crippen MR) is 111 cm³/mol. The third-order valence-electron chi connectivity index (χ3n) is 3.82. The Morgan fingerprint density at radius 3 is 2.17 bits per heavy atom. The highest BCUT2D eigenvalue weighted by atomic mass is 35.5. The molecule has 0 spiro atoms. The molecule has 0 aliphatic heterocycles. The molecule has 0 atom stereocenters. The topological polar surface area (TPSA) is 53.6 Å². The molecule has 1 aromatic heterocycles. The van der Waals surface area contributed by atoms with Gasteiger partial charge in [-0.25, -0.2) is 4.68 Å². The third kappa shape index (κ3) is 4.33. The monoisotopic (exact) mass is 474 g/mol. The molecule has 0 aliphatic carbocycles. The van der Waals surface area contributed by atoms with Gasteiger partial charge < -0.3 is 5.32 Å². The fraction of sp³-hybridized carbons (Fsp3) is 0.0556. The number of rotatable bonds is 4. The summed E-state index contributed by atoms with van der Waals surface area (Å²) in [7, 11) is 0. The molecule has 11 heteroatoms. The van der Waals surface area contributed by atoms with Crippen LogP contribution in [0.1, 0.15) is 16.8 Å². The van der Waals surface area contributed by atoms with Gasteiger partial charge in [-0.1, -0.05) is 47.0 Å². The molecular weight excluding hydrogens is 468 g/mol. The van der Waals surface area contributed by atoms with Crippen molar-refractivity contribution in [1.82, 2.24) is 9.78 Å². The van der Waals surface area contributed by atoms with Crippen molar-refractivity contribution in [2.45, 2.75) is 6.18 Å². The van der Waals surface area contributed by atoms with E-state index in [0.717, 1.165) is 12.1 Å².